The van der Waals surface area contributed by atoms with E-state index in [1.165, 1.54) is 12.8 Å². The topological polar surface area (TPSA) is 89.7 Å². The van der Waals surface area contributed by atoms with E-state index in [-0.39, 0.29) is 5.91 Å². The van der Waals surface area contributed by atoms with Crippen LogP contribution in [0.3, 0.4) is 0 Å². The second-order valence-electron chi connectivity index (χ2n) is 6.70. The molecule has 0 saturated carbocycles. The quantitative estimate of drug-likeness (QED) is 0.753. The molecule has 0 spiro atoms. The molecule has 1 aliphatic heterocycles. The van der Waals surface area contributed by atoms with Crippen LogP contribution in [0.25, 0.3) is 0 Å². The van der Waals surface area contributed by atoms with Gasteiger partial charge in [0, 0.05) is 31.0 Å². The van der Waals surface area contributed by atoms with E-state index in [9.17, 15) is 4.79 Å². The molecule has 1 fully saturated rings. The summed E-state index contributed by atoms with van der Waals surface area (Å²) in [5.41, 5.74) is 3.65. The fourth-order valence-electron chi connectivity index (χ4n) is 3.30. The number of aromatic amines is 2. The van der Waals surface area contributed by atoms with Gasteiger partial charge in [-0.05, 0) is 51.6 Å². The van der Waals surface area contributed by atoms with Crippen molar-refractivity contribution in [3.05, 3.63) is 35.2 Å². The Labute approximate surface area is 142 Å². The van der Waals surface area contributed by atoms with Gasteiger partial charge < -0.3 is 10.3 Å². The molecule has 2 aromatic heterocycles. The number of rotatable bonds is 6. The Morgan fingerprint density at radius 3 is 3.04 bits per heavy atom. The second kappa shape index (κ2) is 7.61. The monoisotopic (exact) mass is 330 g/mol. The van der Waals surface area contributed by atoms with Crippen molar-refractivity contribution < 1.29 is 4.79 Å². The van der Waals surface area contributed by atoms with Crippen molar-refractivity contribution in [3.8, 4) is 0 Å². The zero-order valence-electron chi connectivity index (χ0n) is 14.4. The van der Waals surface area contributed by atoms with Gasteiger partial charge in [0.2, 0.25) is 0 Å². The van der Waals surface area contributed by atoms with E-state index in [1.54, 1.807) is 12.4 Å². The lowest BCUT2D eigenvalue weighted by atomic mass is 9.94. The third-order valence-corrected chi connectivity index (χ3v) is 4.69. The molecule has 7 heteroatoms. The van der Waals surface area contributed by atoms with Crippen LogP contribution in [0, 0.1) is 19.8 Å². The highest BCUT2D eigenvalue weighted by Gasteiger charge is 2.21. The smallest absolute Gasteiger partial charge is 0.271 e. The molecule has 0 aromatic carbocycles. The molecule has 2 aromatic rings. The van der Waals surface area contributed by atoms with Crippen LogP contribution < -0.4 is 5.32 Å². The minimum Gasteiger partial charge on any atom is -0.351 e. The third-order valence-electron chi connectivity index (χ3n) is 4.69. The number of likely N-dealkylation sites (tertiary alicyclic amines) is 1. The molecule has 3 rings (SSSR count). The maximum absolute atomic E-state index is 12.0. The molecule has 0 aliphatic carbocycles. The molecule has 24 heavy (non-hydrogen) atoms. The van der Waals surface area contributed by atoms with Crippen molar-refractivity contribution in [3.63, 3.8) is 0 Å². The first-order chi connectivity index (χ1) is 11.6. The fourth-order valence-corrected chi connectivity index (χ4v) is 3.30. The molecule has 0 radical (unpaired) electrons. The van der Waals surface area contributed by atoms with Crippen LogP contribution in [0.4, 0.5) is 0 Å². The van der Waals surface area contributed by atoms with Gasteiger partial charge in [0.1, 0.15) is 5.69 Å². The maximum atomic E-state index is 12.0. The number of carbonyl (C=O) groups excluding carboxylic acids is 1. The number of hydrogen-bond acceptors (Lipinski definition) is 4. The van der Waals surface area contributed by atoms with Gasteiger partial charge in [-0.3, -0.25) is 14.8 Å². The van der Waals surface area contributed by atoms with Crippen molar-refractivity contribution in [1.82, 2.24) is 30.4 Å². The van der Waals surface area contributed by atoms with Gasteiger partial charge in [-0.25, -0.2) is 4.98 Å². The zero-order valence-corrected chi connectivity index (χ0v) is 14.4. The van der Waals surface area contributed by atoms with Gasteiger partial charge in [0.25, 0.3) is 5.91 Å². The number of hydrogen-bond donors (Lipinski definition) is 3. The summed E-state index contributed by atoms with van der Waals surface area (Å²) in [5, 5.41) is 9.75. The summed E-state index contributed by atoms with van der Waals surface area (Å²) < 4.78 is 0. The molecule has 7 nitrogen and oxygen atoms in total. The molecule has 130 valence electrons. The molecular formula is C17H26N6O. The summed E-state index contributed by atoms with van der Waals surface area (Å²) in [6, 6.07) is 1.77. The standard InChI is InChI=1S/C17H26N6O/c1-12-8-15(22-21-12)17(24)18-6-5-14-4-3-7-23(9-14)10-16-13(2)19-11-20-16/h8,11,14H,3-7,9-10H2,1-2H3,(H,18,24)(H,19,20)(H,21,22)/t14-/m1/s1. The molecule has 3 heterocycles. The van der Waals surface area contributed by atoms with Crippen LogP contribution in [0.1, 0.15) is 46.8 Å². The summed E-state index contributed by atoms with van der Waals surface area (Å²) in [6.45, 7) is 7.76. The van der Waals surface area contributed by atoms with E-state index < -0.39 is 0 Å². The number of nitrogens with zero attached hydrogens (tertiary/aromatic N) is 3. The van der Waals surface area contributed by atoms with Gasteiger partial charge >= 0.3 is 0 Å². The van der Waals surface area contributed by atoms with Crippen molar-refractivity contribution in [2.24, 2.45) is 5.92 Å². The number of carbonyl (C=O) groups is 1. The van der Waals surface area contributed by atoms with Crippen molar-refractivity contribution in [1.29, 1.82) is 0 Å². The second-order valence-corrected chi connectivity index (χ2v) is 6.70. The van der Waals surface area contributed by atoms with Gasteiger partial charge in [-0.2, -0.15) is 5.10 Å². The zero-order chi connectivity index (χ0) is 16.9. The Kier molecular flexibility index (Phi) is 5.30. The largest absolute Gasteiger partial charge is 0.351 e. The predicted molar refractivity (Wildman–Crippen MR) is 91.6 cm³/mol. The highest BCUT2D eigenvalue weighted by molar-refractivity contribution is 5.92. The minimum atomic E-state index is -0.0980. The minimum absolute atomic E-state index is 0.0980. The van der Waals surface area contributed by atoms with Crippen LogP contribution in [0.5, 0.6) is 0 Å². The highest BCUT2D eigenvalue weighted by Crippen LogP contribution is 2.21. The Balaban J connectivity index is 1.42. The number of aryl methyl sites for hydroxylation is 2. The van der Waals surface area contributed by atoms with Gasteiger partial charge in [0.05, 0.1) is 12.0 Å². The van der Waals surface area contributed by atoms with Gasteiger partial charge in [-0.15, -0.1) is 0 Å². The average Bonchev–Trinajstić information content (AvgIpc) is 3.17. The summed E-state index contributed by atoms with van der Waals surface area (Å²) in [6.07, 6.45) is 5.21. The van der Waals surface area contributed by atoms with Crippen LogP contribution in [-0.2, 0) is 6.54 Å². The predicted octanol–water partition coefficient (Wildman–Crippen LogP) is 1.78. The molecule has 1 saturated heterocycles. The van der Waals surface area contributed by atoms with Crippen molar-refractivity contribution in [2.75, 3.05) is 19.6 Å². The number of H-pyrrole nitrogens is 2. The van der Waals surface area contributed by atoms with E-state index in [2.05, 4.69) is 37.3 Å². The molecule has 1 atom stereocenters. The Morgan fingerprint density at radius 1 is 1.46 bits per heavy atom. The summed E-state index contributed by atoms with van der Waals surface area (Å²) in [7, 11) is 0. The Hall–Kier alpha value is -2.15. The van der Waals surface area contributed by atoms with Crippen molar-refractivity contribution >= 4 is 5.91 Å². The lowest BCUT2D eigenvalue weighted by Gasteiger charge is -2.32. The first kappa shape index (κ1) is 16.7. The summed E-state index contributed by atoms with van der Waals surface area (Å²) in [4.78, 5) is 22.0. The van der Waals surface area contributed by atoms with E-state index in [4.69, 9.17) is 0 Å². The number of aromatic nitrogens is 4. The molecule has 1 aliphatic rings. The molecule has 0 unspecified atom stereocenters. The van der Waals surface area contributed by atoms with Gasteiger partial charge in [0.15, 0.2) is 0 Å². The van der Waals surface area contributed by atoms with Crippen LogP contribution in [0.15, 0.2) is 12.4 Å². The highest BCUT2D eigenvalue weighted by atomic mass is 16.1. The average molecular weight is 330 g/mol. The number of amides is 1. The summed E-state index contributed by atoms with van der Waals surface area (Å²) >= 11 is 0. The number of nitrogens with one attached hydrogen (secondary N) is 3. The Morgan fingerprint density at radius 2 is 2.33 bits per heavy atom. The van der Waals surface area contributed by atoms with E-state index in [0.29, 0.717) is 18.2 Å². The van der Waals surface area contributed by atoms with Crippen LogP contribution >= 0.6 is 0 Å². The van der Waals surface area contributed by atoms with Crippen LogP contribution in [0.2, 0.25) is 0 Å². The van der Waals surface area contributed by atoms with E-state index in [1.807, 2.05) is 6.92 Å². The van der Waals surface area contributed by atoms with E-state index >= 15 is 0 Å². The Bertz CT molecular complexity index is 676. The maximum Gasteiger partial charge on any atom is 0.271 e. The third kappa shape index (κ3) is 4.23. The van der Waals surface area contributed by atoms with Crippen molar-refractivity contribution in [2.45, 2.75) is 39.7 Å². The molecular weight excluding hydrogens is 304 g/mol. The number of piperidine rings is 1. The lowest BCUT2D eigenvalue weighted by molar-refractivity contribution is 0.0941. The normalized spacial score (nSPS) is 18.7. The first-order valence-corrected chi connectivity index (χ1v) is 8.63. The van der Waals surface area contributed by atoms with E-state index in [0.717, 1.165) is 43.1 Å². The van der Waals surface area contributed by atoms with Gasteiger partial charge in [-0.1, -0.05) is 0 Å². The van der Waals surface area contributed by atoms with Crippen LogP contribution in [-0.4, -0.2) is 50.6 Å². The lowest BCUT2D eigenvalue weighted by Crippen LogP contribution is -2.37. The SMILES string of the molecule is Cc1cc(C(=O)NCC[C@H]2CCCN(Cc3nc[nH]c3C)C2)n[nH]1. The number of imidazole rings is 1. The molecule has 0 bridgehead atoms. The summed E-state index contributed by atoms with van der Waals surface area (Å²) in [5.74, 6) is 0.526. The first-order valence-electron chi connectivity index (χ1n) is 8.63. The molecule has 1 amide bonds. The fraction of sp³-hybridized carbons (Fsp3) is 0.588. The molecule has 3 N–H and O–H groups in total.